The molecule has 0 aliphatic heterocycles. The van der Waals surface area contributed by atoms with E-state index in [4.69, 9.17) is 0 Å². The molecule has 0 bridgehead atoms. The van der Waals surface area contributed by atoms with Crippen LogP contribution in [0.4, 0.5) is 5.69 Å². The third-order valence-electron chi connectivity index (χ3n) is 4.27. The monoisotopic (exact) mass is 274 g/mol. The van der Waals surface area contributed by atoms with Crippen molar-refractivity contribution in [1.82, 2.24) is 5.32 Å². The Hall–Kier alpha value is -1.02. The molecule has 0 aromatic heterocycles. The van der Waals surface area contributed by atoms with E-state index in [1.807, 2.05) is 0 Å². The molecule has 2 rings (SSSR count). The zero-order valence-electron chi connectivity index (χ0n) is 13.4. The van der Waals surface area contributed by atoms with Crippen LogP contribution in [-0.4, -0.2) is 19.6 Å². The molecule has 1 N–H and O–H groups in total. The second kappa shape index (κ2) is 7.68. The van der Waals surface area contributed by atoms with Crippen LogP contribution in [0.15, 0.2) is 24.3 Å². The van der Waals surface area contributed by atoms with Crippen molar-refractivity contribution in [3.63, 3.8) is 0 Å². The number of rotatable bonds is 8. The van der Waals surface area contributed by atoms with Crippen molar-refractivity contribution in [1.29, 1.82) is 0 Å². The SMILES string of the molecule is CCN(CC1CCC1)c1ccc(CNCC(C)C)cc1. The number of nitrogens with zero attached hydrogens (tertiary/aromatic N) is 1. The predicted octanol–water partition coefficient (Wildman–Crippen LogP) is 4.06. The first kappa shape index (κ1) is 15.4. The van der Waals surface area contributed by atoms with Crippen molar-refractivity contribution < 1.29 is 0 Å². The molecule has 0 saturated heterocycles. The van der Waals surface area contributed by atoms with Gasteiger partial charge in [0.25, 0.3) is 0 Å². The fourth-order valence-corrected chi connectivity index (χ4v) is 2.73. The van der Waals surface area contributed by atoms with Gasteiger partial charge in [-0.15, -0.1) is 0 Å². The second-order valence-electron chi connectivity index (χ2n) is 6.53. The highest BCUT2D eigenvalue weighted by Gasteiger charge is 2.20. The largest absolute Gasteiger partial charge is 0.372 e. The molecule has 0 atom stereocenters. The Morgan fingerprint density at radius 3 is 2.40 bits per heavy atom. The Morgan fingerprint density at radius 2 is 1.90 bits per heavy atom. The first-order valence-electron chi connectivity index (χ1n) is 8.23. The quantitative estimate of drug-likeness (QED) is 0.769. The molecule has 2 nitrogen and oxygen atoms in total. The van der Waals surface area contributed by atoms with Crippen LogP contribution in [0, 0.1) is 11.8 Å². The van der Waals surface area contributed by atoms with Crippen molar-refractivity contribution in [2.45, 2.75) is 46.6 Å². The van der Waals surface area contributed by atoms with Gasteiger partial charge in [0.1, 0.15) is 0 Å². The summed E-state index contributed by atoms with van der Waals surface area (Å²) >= 11 is 0. The van der Waals surface area contributed by atoms with E-state index in [1.165, 1.54) is 37.1 Å². The summed E-state index contributed by atoms with van der Waals surface area (Å²) in [5.74, 6) is 1.65. The molecule has 0 amide bonds. The highest BCUT2D eigenvalue weighted by Crippen LogP contribution is 2.28. The molecular weight excluding hydrogens is 244 g/mol. The lowest BCUT2D eigenvalue weighted by atomic mass is 9.85. The molecule has 1 aliphatic rings. The summed E-state index contributed by atoms with van der Waals surface area (Å²) in [6.07, 6.45) is 4.28. The van der Waals surface area contributed by atoms with Crippen LogP contribution in [0.2, 0.25) is 0 Å². The summed E-state index contributed by atoms with van der Waals surface area (Å²) in [6, 6.07) is 9.11. The van der Waals surface area contributed by atoms with E-state index in [0.29, 0.717) is 5.92 Å². The fraction of sp³-hybridized carbons (Fsp3) is 0.667. The van der Waals surface area contributed by atoms with Crippen LogP contribution >= 0.6 is 0 Å². The van der Waals surface area contributed by atoms with Gasteiger partial charge in [0.05, 0.1) is 0 Å². The average Bonchev–Trinajstić information content (AvgIpc) is 2.39. The third-order valence-corrected chi connectivity index (χ3v) is 4.27. The van der Waals surface area contributed by atoms with Crippen LogP contribution in [0.25, 0.3) is 0 Å². The van der Waals surface area contributed by atoms with E-state index in [2.05, 4.69) is 55.3 Å². The van der Waals surface area contributed by atoms with Gasteiger partial charge >= 0.3 is 0 Å². The molecule has 1 aromatic carbocycles. The Morgan fingerprint density at radius 1 is 1.20 bits per heavy atom. The van der Waals surface area contributed by atoms with Gasteiger partial charge in [-0.1, -0.05) is 32.4 Å². The standard InChI is InChI=1S/C18H30N2/c1-4-20(14-17-6-5-7-17)18-10-8-16(9-11-18)13-19-12-15(2)3/h8-11,15,17,19H,4-7,12-14H2,1-3H3. The van der Waals surface area contributed by atoms with Gasteiger partial charge in [0.15, 0.2) is 0 Å². The molecule has 1 aromatic rings. The number of hydrogen-bond acceptors (Lipinski definition) is 2. The van der Waals surface area contributed by atoms with E-state index in [1.54, 1.807) is 0 Å². The molecule has 1 saturated carbocycles. The fourth-order valence-electron chi connectivity index (χ4n) is 2.73. The topological polar surface area (TPSA) is 15.3 Å². The van der Waals surface area contributed by atoms with Gasteiger partial charge in [-0.3, -0.25) is 0 Å². The molecule has 0 unspecified atom stereocenters. The van der Waals surface area contributed by atoms with E-state index in [9.17, 15) is 0 Å². The van der Waals surface area contributed by atoms with E-state index >= 15 is 0 Å². The minimum absolute atomic E-state index is 0.715. The van der Waals surface area contributed by atoms with Gasteiger partial charge in [0, 0.05) is 25.3 Å². The number of nitrogens with one attached hydrogen (secondary N) is 1. The number of anilines is 1. The van der Waals surface area contributed by atoms with E-state index in [0.717, 1.165) is 25.6 Å². The lowest BCUT2D eigenvalue weighted by molar-refractivity contribution is 0.318. The Labute approximate surface area is 124 Å². The summed E-state index contributed by atoms with van der Waals surface area (Å²) in [5.41, 5.74) is 2.76. The van der Waals surface area contributed by atoms with Crippen LogP contribution in [0.1, 0.15) is 45.6 Å². The molecule has 2 heteroatoms. The zero-order chi connectivity index (χ0) is 14.4. The first-order valence-corrected chi connectivity index (χ1v) is 8.23. The van der Waals surface area contributed by atoms with Gasteiger partial charge in [-0.05, 0) is 55.8 Å². The summed E-state index contributed by atoms with van der Waals surface area (Å²) in [6.45, 7) is 11.2. The predicted molar refractivity (Wildman–Crippen MR) is 88.2 cm³/mol. The maximum atomic E-state index is 3.50. The highest BCUT2D eigenvalue weighted by atomic mass is 15.1. The van der Waals surface area contributed by atoms with Crippen molar-refractivity contribution in [2.75, 3.05) is 24.5 Å². The smallest absolute Gasteiger partial charge is 0.0366 e. The molecule has 0 radical (unpaired) electrons. The average molecular weight is 274 g/mol. The van der Waals surface area contributed by atoms with Crippen LogP contribution in [0.3, 0.4) is 0 Å². The summed E-state index contributed by atoms with van der Waals surface area (Å²) in [4.78, 5) is 2.52. The number of benzene rings is 1. The van der Waals surface area contributed by atoms with Gasteiger partial charge in [-0.25, -0.2) is 0 Å². The summed E-state index contributed by atoms with van der Waals surface area (Å²) in [7, 11) is 0. The Bertz CT molecular complexity index is 379. The Balaban J connectivity index is 1.85. The summed E-state index contributed by atoms with van der Waals surface area (Å²) in [5, 5.41) is 3.50. The lowest BCUT2D eigenvalue weighted by Gasteiger charge is -2.33. The molecule has 0 spiro atoms. The Kier molecular flexibility index (Phi) is 5.90. The second-order valence-corrected chi connectivity index (χ2v) is 6.53. The highest BCUT2D eigenvalue weighted by molar-refractivity contribution is 5.47. The molecule has 1 fully saturated rings. The zero-order valence-corrected chi connectivity index (χ0v) is 13.4. The number of hydrogen-bond donors (Lipinski definition) is 1. The molecule has 20 heavy (non-hydrogen) atoms. The van der Waals surface area contributed by atoms with Crippen molar-refractivity contribution in [3.8, 4) is 0 Å². The van der Waals surface area contributed by atoms with Crippen molar-refractivity contribution in [2.24, 2.45) is 11.8 Å². The first-order chi connectivity index (χ1) is 9.69. The summed E-state index contributed by atoms with van der Waals surface area (Å²) < 4.78 is 0. The minimum Gasteiger partial charge on any atom is -0.372 e. The molecular formula is C18H30N2. The maximum absolute atomic E-state index is 3.50. The molecule has 0 heterocycles. The van der Waals surface area contributed by atoms with Crippen molar-refractivity contribution >= 4 is 5.69 Å². The third kappa shape index (κ3) is 4.52. The normalized spacial score (nSPS) is 15.4. The molecule has 112 valence electrons. The lowest BCUT2D eigenvalue weighted by Crippen LogP contribution is -2.32. The van der Waals surface area contributed by atoms with Gasteiger partial charge in [-0.2, -0.15) is 0 Å². The van der Waals surface area contributed by atoms with Crippen LogP contribution < -0.4 is 10.2 Å². The van der Waals surface area contributed by atoms with Crippen LogP contribution in [0.5, 0.6) is 0 Å². The van der Waals surface area contributed by atoms with Gasteiger partial charge < -0.3 is 10.2 Å². The maximum Gasteiger partial charge on any atom is 0.0366 e. The van der Waals surface area contributed by atoms with E-state index in [-0.39, 0.29) is 0 Å². The van der Waals surface area contributed by atoms with Crippen LogP contribution in [-0.2, 0) is 6.54 Å². The van der Waals surface area contributed by atoms with Crippen molar-refractivity contribution in [3.05, 3.63) is 29.8 Å². The minimum atomic E-state index is 0.715. The van der Waals surface area contributed by atoms with E-state index < -0.39 is 0 Å². The molecule has 1 aliphatic carbocycles. The van der Waals surface area contributed by atoms with Gasteiger partial charge in [0.2, 0.25) is 0 Å².